The maximum absolute atomic E-state index is 5.71. The normalized spacial score (nSPS) is 19.7. The molecule has 2 aromatic rings. The van der Waals surface area contributed by atoms with Crippen LogP contribution in [0, 0.1) is 24.7 Å². The van der Waals surface area contributed by atoms with Crippen LogP contribution < -0.4 is 0 Å². The summed E-state index contributed by atoms with van der Waals surface area (Å²) in [5, 5.41) is 0. The zero-order chi connectivity index (χ0) is 17.5. The van der Waals surface area contributed by atoms with Crippen LogP contribution in [0.1, 0.15) is 28.7 Å². The van der Waals surface area contributed by atoms with Gasteiger partial charge in [0.2, 0.25) is 0 Å². The van der Waals surface area contributed by atoms with Crippen LogP contribution in [0.25, 0.3) is 0 Å². The van der Waals surface area contributed by atoms with E-state index in [9.17, 15) is 0 Å². The monoisotopic (exact) mass is 332 g/mol. The fourth-order valence-electron chi connectivity index (χ4n) is 2.68. The summed E-state index contributed by atoms with van der Waals surface area (Å²) in [4.78, 5) is 0. The molecule has 0 amide bonds. The van der Waals surface area contributed by atoms with E-state index in [1.54, 1.807) is 0 Å². The molecular formula is C23H24O2. The lowest BCUT2D eigenvalue weighted by Gasteiger charge is -2.27. The predicted molar refractivity (Wildman–Crippen MR) is 101 cm³/mol. The fourth-order valence-corrected chi connectivity index (χ4v) is 2.68. The molecular weight excluding hydrogens is 308 g/mol. The molecule has 1 heterocycles. The van der Waals surface area contributed by atoms with E-state index in [0.29, 0.717) is 19.1 Å². The SMILES string of the molecule is C=CC1COC(CCc2ccc(C#Cc3ccc(C)cc3)cc2)OC1. The van der Waals surface area contributed by atoms with Gasteiger partial charge in [-0.1, -0.05) is 47.7 Å². The van der Waals surface area contributed by atoms with E-state index in [2.05, 4.69) is 73.9 Å². The summed E-state index contributed by atoms with van der Waals surface area (Å²) < 4.78 is 11.4. The minimum Gasteiger partial charge on any atom is -0.352 e. The fraction of sp³-hybridized carbons (Fsp3) is 0.304. The van der Waals surface area contributed by atoms with Crippen molar-refractivity contribution in [1.29, 1.82) is 0 Å². The van der Waals surface area contributed by atoms with Gasteiger partial charge >= 0.3 is 0 Å². The van der Waals surface area contributed by atoms with Gasteiger partial charge < -0.3 is 9.47 Å². The van der Waals surface area contributed by atoms with Gasteiger partial charge in [0.1, 0.15) is 0 Å². The van der Waals surface area contributed by atoms with Crippen LogP contribution in [-0.4, -0.2) is 19.5 Å². The molecule has 1 aliphatic heterocycles. The molecule has 1 fully saturated rings. The smallest absolute Gasteiger partial charge is 0.157 e. The number of hydrogen-bond acceptors (Lipinski definition) is 2. The zero-order valence-electron chi connectivity index (χ0n) is 14.7. The topological polar surface area (TPSA) is 18.5 Å². The number of ether oxygens (including phenoxy) is 2. The van der Waals surface area contributed by atoms with Crippen molar-refractivity contribution in [2.24, 2.45) is 5.92 Å². The van der Waals surface area contributed by atoms with Crippen LogP contribution in [-0.2, 0) is 15.9 Å². The lowest BCUT2D eigenvalue weighted by molar-refractivity contribution is -0.195. The highest BCUT2D eigenvalue weighted by atomic mass is 16.7. The predicted octanol–water partition coefficient (Wildman–Crippen LogP) is 4.50. The van der Waals surface area contributed by atoms with Gasteiger partial charge in [0.05, 0.1) is 13.2 Å². The van der Waals surface area contributed by atoms with Gasteiger partial charge in [0.15, 0.2) is 6.29 Å². The van der Waals surface area contributed by atoms with Crippen molar-refractivity contribution in [3.63, 3.8) is 0 Å². The van der Waals surface area contributed by atoms with Gasteiger partial charge in [0.25, 0.3) is 0 Å². The van der Waals surface area contributed by atoms with Crippen molar-refractivity contribution in [1.82, 2.24) is 0 Å². The molecule has 2 nitrogen and oxygen atoms in total. The Bertz CT molecular complexity index is 739. The van der Waals surface area contributed by atoms with E-state index in [-0.39, 0.29) is 6.29 Å². The quantitative estimate of drug-likeness (QED) is 0.606. The Morgan fingerprint density at radius 2 is 1.52 bits per heavy atom. The highest BCUT2D eigenvalue weighted by Crippen LogP contribution is 2.17. The number of rotatable bonds is 4. The van der Waals surface area contributed by atoms with Crippen LogP contribution in [0.4, 0.5) is 0 Å². The van der Waals surface area contributed by atoms with E-state index in [4.69, 9.17) is 9.47 Å². The Labute approximate surface area is 150 Å². The zero-order valence-corrected chi connectivity index (χ0v) is 14.7. The highest BCUT2D eigenvalue weighted by molar-refractivity contribution is 5.43. The third-order valence-electron chi connectivity index (χ3n) is 4.35. The second-order valence-electron chi connectivity index (χ2n) is 6.44. The van der Waals surface area contributed by atoms with Crippen LogP contribution in [0.2, 0.25) is 0 Å². The third kappa shape index (κ3) is 5.32. The minimum atomic E-state index is -0.0998. The Kier molecular flexibility index (Phi) is 6.06. The second-order valence-corrected chi connectivity index (χ2v) is 6.44. The molecule has 0 aliphatic carbocycles. The molecule has 3 rings (SSSR count). The van der Waals surface area contributed by atoms with E-state index < -0.39 is 0 Å². The summed E-state index contributed by atoms with van der Waals surface area (Å²) >= 11 is 0. The summed E-state index contributed by atoms with van der Waals surface area (Å²) in [7, 11) is 0. The molecule has 2 aromatic carbocycles. The van der Waals surface area contributed by atoms with Gasteiger partial charge in [0, 0.05) is 23.5 Å². The van der Waals surface area contributed by atoms with Crippen LogP contribution in [0.5, 0.6) is 0 Å². The van der Waals surface area contributed by atoms with E-state index >= 15 is 0 Å². The van der Waals surface area contributed by atoms with E-state index in [0.717, 1.165) is 24.0 Å². The standard InChI is InChI=1S/C23H24O2/c1-3-19-16-24-23(25-17-19)15-14-22-12-10-21(11-13-22)9-8-20-6-4-18(2)5-7-20/h3-7,10-13,19,23H,1,14-17H2,2H3. The van der Waals surface area contributed by atoms with Crippen LogP contribution in [0.3, 0.4) is 0 Å². The van der Waals surface area contributed by atoms with Crippen LogP contribution >= 0.6 is 0 Å². The Balaban J connectivity index is 1.51. The molecule has 0 aromatic heterocycles. The molecule has 0 radical (unpaired) electrons. The first-order valence-corrected chi connectivity index (χ1v) is 8.76. The Hall–Kier alpha value is -2.34. The van der Waals surface area contributed by atoms with Crippen molar-refractivity contribution in [2.75, 3.05) is 13.2 Å². The second kappa shape index (κ2) is 8.67. The molecule has 0 bridgehead atoms. The van der Waals surface area contributed by atoms with Crippen molar-refractivity contribution in [2.45, 2.75) is 26.1 Å². The largest absolute Gasteiger partial charge is 0.352 e. The molecule has 1 aliphatic rings. The molecule has 0 unspecified atom stereocenters. The summed E-state index contributed by atoms with van der Waals surface area (Å²) in [5.41, 5.74) is 4.60. The van der Waals surface area contributed by atoms with Gasteiger partial charge in [-0.05, 0) is 43.2 Å². The average Bonchev–Trinajstić information content (AvgIpc) is 2.67. The van der Waals surface area contributed by atoms with Crippen molar-refractivity contribution >= 4 is 0 Å². The van der Waals surface area contributed by atoms with Gasteiger partial charge in [-0.25, -0.2) is 0 Å². The minimum absolute atomic E-state index is 0.0998. The lowest BCUT2D eigenvalue weighted by atomic mass is 10.1. The van der Waals surface area contributed by atoms with Gasteiger partial charge in [-0.15, -0.1) is 6.58 Å². The lowest BCUT2D eigenvalue weighted by Crippen LogP contribution is -2.31. The molecule has 1 saturated heterocycles. The maximum atomic E-state index is 5.71. The molecule has 0 atom stereocenters. The van der Waals surface area contributed by atoms with Crippen LogP contribution in [0.15, 0.2) is 61.2 Å². The van der Waals surface area contributed by atoms with E-state index in [1.807, 2.05) is 6.08 Å². The van der Waals surface area contributed by atoms with Crippen molar-refractivity contribution < 1.29 is 9.47 Å². The average molecular weight is 332 g/mol. The summed E-state index contributed by atoms with van der Waals surface area (Å²) in [6.07, 6.45) is 3.61. The maximum Gasteiger partial charge on any atom is 0.157 e. The van der Waals surface area contributed by atoms with Gasteiger partial charge in [-0.2, -0.15) is 0 Å². The molecule has 25 heavy (non-hydrogen) atoms. The first kappa shape index (κ1) is 17.5. The molecule has 0 spiro atoms. The highest BCUT2D eigenvalue weighted by Gasteiger charge is 2.19. The van der Waals surface area contributed by atoms with Crippen molar-refractivity contribution in [3.8, 4) is 11.8 Å². The first-order valence-electron chi connectivity index (χ1n) is 8.76. The first-order chi connectivity index (χ1) is 12.2. The number of aryl methyl sites for hydroxylation is 2. The Morgan fingerprint density at radius 3 is 2.08 bits per heavy atom. The third-order valence-corrected chi connectivity index (χ3v) is 4.35. The summed E-state index contributed by atoms with van der Waals surface area (Å²) in [5.74, 6) is 6.74. The molecule has 128 valence electrons. The molecule has 0 saturated carbocycles. The summed E-state index contributed by atoms with van der Waals surface area (Å²) in [6.45, 7) is 7.28. The van der Waals surface area contributed by atoms with Crippen molar-refractivity contribution in [3.05, 3.63) is 83.4 Å². The van der Waals surface area contributed by atoms with Gasteiger partial charge in [-0.3, -0.25) is 0 Å². The van der Waals surface area contributed by atoms with E-state index in [1.165, 1.54) is 11.1 Å². The Morgan fingerprint density at radius 1 is 0.960 bits per heavy atom. The number of hydrogen-bond donors (Lipinski definition) is 0. The summed E-state index contributed by atoms with van der Waals surface area (Å²) in [6, 6.07) is 16.7. The molecule has 2 heteroatoms. The number of benzene rings is 2. The molecule has 0 N–H and O–H groups in total.